The summed E-state index contributed by atoms with van der Waals surface area (Å²) in [7, 11) is 0. The van der Waals surface area contributed by atoms with Crippen molar-refractivity contribution in [1.82, 2.24) is 24.3 Å². The minimum Gasteiger partial charge on any atom is -0.345 e. The summed E-state index contributed by atoms with van der Waals surface area (Å²) < 4.78 is 2.13. The van der Waals surface area contributed by atoms with Gasteiger partial charge in [0.25, 0.3) is 0 Å². The van der Waals surface area contributed by atoms with Gasteiger partial charge in [-0.05, 0) is 31.7 Å². The molecule has 0 spiro atoms. The number of nitriles is 1. The Morgan fingerprint density at radius 1 is 1.36 bits per heavy atom. The van der Waals surface area contributed by atoms with Gasteiger partial charge in [-0.2, -0.15) is 5.26 Å². The molecule has 3 aromatic rings. The van der Waals surface area contributed by atoms with Gasteiger partial charge in [0.05, 0.1) is 17.8 Å². The molecule has 3 aromatic heterocycles. The number of piperidine rings is 1. The Balaban J connectivity index is 1.51. The van der Waals surface area contributed by atoms with E-state index in [-0.39, 0.29) is 11.8 Å². The molecular weight excluding hydrogens is 316 g/mol. The van der Waals surface area contributed by atoms with Gasteiger partial charge in [-0.3, -0.25) is 9.20 Å². The first kappa shape index (κ1) is 14.5. The average molecular weight is 334 g/mol. The summed E-state index contributed by atoms with van der Waals surface area (Å²) in [6.07, 6.45) is 8.92. The van der Waals surface area contributed by atoms with Gasteiger partial charge >= 0.3 is 0 Å². The van der Waals surface area contributed by atoms with Crippen molar-refractivity contribution in [1.29, 1.82) is 5.26 Å². The number of likely N-dealkylation sites (tertiary alicyclic amines) is 1. The Morgan fingerprint density at radius 3 is 3.04 bits per heavy atom. The van der Waals surface area contributed by atoms with Crippen molar-refractivity contribution in [3.63, 3.8) is 0 Å². The third-order valence-corrected chi connectivity index (χ3v) is 5.57. The standard InChI is InChI=1S/C18H18N6O/c19-11-18(4-5-18)17(25)23-7-1-2-12(10-23)14-8-21-15-9-22-16-13(24(14)15)3-6-20-16/h3,6,8-9,12,20H,1-2,4-5,7,10H2. The predicted molar refractivity (Wildman–Crippen MR) is 90.7 cm³/mol. The number of aromatic amines is 1. The minimum absolute atomic E-state index is 0.0157. The summed E-state index contributed by atoms with van der Waals surface area (Å²) in [5.41, 5.74) is 3.03. The van der Waals surface area contributed by atoms with Crippen LogP contribution in [-0.4, -0.2) is 43.2 Å². The molecule has 1 atom stereocenters. The number of hydrogen-bond donors (Lipinski definition) is 1. The molecule has 4 heterocycles. The first-order valence-electron chi connectivity index (χ1n) is 8.72. The van der Waals surface area contributed by atoms with Crippen molar-refractivity contribution in [3.8, 4) is 6.07 Å². The topological polar surface area (TPSA) is 90.1 Å². The molecule has 0 bridgehead atoms. The number of carbonyl (C=O) groups is 1. The lowest BCUT2D eigenvalue weighted by molar-refractivity contribution is -0.136. The maximum absolute atomic E-state index is 12.7. The zero-order chi connectivity index (χ0) is 17.0. The Labute approximate surface area is 144 Å². The second-order valence-corrected chi connectivity index (χ2v) is 7.13. The molecule has 1 saturated heterocycles. The molecule has 7 heteroatoms. The Morgan fingerprint density at radius 2 is 2.24 bits per heavy atom. The van der Waals surface area contributed by atoms with Crippen LogP contribution in [0.2, 0.25) is 0 Å². The van der Waals surface area contributed by atoms with Crippen LogP contribution >= 0.6 is 0 Å². The quantitative estimate of drug-likeness (QED) is 0.778. The zero-order valence-electron chi connectivity index (χ0n) is 13.8. The van der Waals surface area contributed by atoms with Crippen LogP contribution in [0.15, 0.2) is 24.7 Å². The van der Waals surface area contributed by atoms with E-state index in [9.17, 15) is 10.1 Å². The highest BCUT2D eigenvalue weighted by Gasteiger charge is 2.53. The van der Waals surface area contributed by atoms with Gasteiger partial charge in [-0.25, -0.2) is 9.97 Å². The summed E-state index contributed by atoms with van der Waals surface area (Å²) in [6.45, 7) is 1.40. The lowest BCUT2D eigenvalue weighted by atomic mass is 9.93. The number of aromatic nitrogens is 4. The molecule has 1 unspecified atom stereocenters. The summed E-state index contributed by atoms with van der Waals surface area (Å²) in [4.78, 5) is 26.6. The van der Waals surface area contributed by atoms with Crippen molar-refractivity contribution in [2.75, 3.05) is 13.1 Å². The van der Waals surface area contributed by atoms with Crippen LogP contribution < -0.4 is 0 Å². The third-order valence-electron chi connectivity index (χ3n) is 5.57. The first-order valence-corrected chi connectivity index (χ1v) is 8.72. The number of carbonyl (C=O) groups excluding carboxylic acids is 1. The van der Waals surface area contributed by atoms with E-state index in [1.54, 1.807) is 6.20 Å². The van der Waals surface area contributed by atoms with Gasteiger partial charge < -0.3 is 9.88 Å². The largest absolute Gasteiger partial charge is 0.345 e. The fourth-order valence-corrected chi connectivity index (χ4v) is 3.98. The van der Waals surface area contributed by atoms with Crippen LogP contribution in [0.4, 0.5) is 0 Å². The molecule has 5 rings (SSSR count). The highest BCUT2D eigenvalue weighted by atomic mass is 16.2. The van der Waals surface area contributed by atoms with Crippen molar-refractivity contribution >= 4 is 22.7 Å². The maximum Gasteiger partial charge on any atom is 0.243 e. The van der Waals surface area contributed by atoms with E-state index in [0.29, 0.717) is 19.4 Å². The van der Waals surface area contributed by atoms with E-state index in [4.69, 9.17) is 0 Å². The number of imidazole rings is 1. The van der Waals surface area contributed by atoms with Gasteiger partial charge in [0, 0.05) is 37.1 Å². The number of H-pyrrole nitrogens is 1. The molecule has 0 radical (unpaired) electrons. The highest BCUT2D eigenvalue weighted by molar-refractivity contribution is 5.88. The maximum atomic E-state index is 12.7. The molecule has 0 aromatic carbocycles. The molecule has 1 aliphatic carbocycles. The molecule has 2 fully saturated rings. The van der Waals surface area contributed by atoms with Crippen LogP contribution in [-0.2, 0) is 4.79 Å². The minimum atomic E-state index is -0.737. The van der Waals surface area contributed by atoms with Gasteiger partial charge in [-0.1, -0.05) is 0 Å². The van der Waals surface area contributed by atoms with E-state index in [1.165, 1.54) is 0 Å². The number of fused-ring (bicyclic) bond motifs is 3. The smallest absolute Gasteiger partial charge is 0.243 e. The van der Waals surface area contributed by atoms with Crippen molar-refractivity contribution in [3.05, 3.63) is 30.4 Å². The van der Waals surface area contributed by atoms with Crippen LogP contribution in [0.5, 0.6) is 0 Å². The lowest BCUT2D eigenvalue weighted by Gasteiger charge is -2.33. The van der Waals surface area contributed by atoms with Crippen LogP contribution in [0.25, 0.3) is 16.8 Å². The van der Waals surface area contributed by atoms with Crippen LogP contribution in [0, 0.1) is 16.7 Å². The Bertz CT molecular complexity index is 1020. The van der Waals surface area contributed by atoms with Gasteiger partial charge in [0.2, 0.25) is 5.91 Å². The SMILES string of the molecule is N#CC1(C(=O)N2CCCC(c3cnc4cnc5[nH]ccc5n34)C2)CC1. The highest BCUT2D eigenvalue weighted by Crippen LogP contribution is 2.47. The molecule has 1 amide bonds. The summed E-state index contributed by atoms with van der Waals surface area (Å²) in [5.74, 6) is 0.240. The molecule has 1 N–H and O–H groups in total. The Hall–Kier alpha value is -2.88. The van der Waals surface area contributed by atoms with Crippen molar-refractivity contribution < 1.29 is 4.79 Å². The zero-order valence-corrected chi connectivity index (χ0v) is 13.8. The molecule has 1 saturated carbocycles. The number of nitrogens with zero attached hydrogens (tertiary/aromatic N) is 5. The Kier molecular flexibility index (Phi) is 2.93. The van der Waals surface area contributed by atoms with Crippen LogP contribution in [0.1, 0.15) is 37.3 Å². The fourth-order valence-electron chi connectivity index (χ4n) is 3.98. The number of nitrogens with one attached hydrogen (secondary N) is 1. The van der Waals surface area contributed by atoms with E-state index in [1.807, 2.05) is 23.4 Å². The van der Waals surface area contributed by atoms with Crippen molar-refractivity contribution in [2.24, 2.45) is 5.41 Å². The molecule has 2 aliphatic rings. The third kappa shape index (κ3) is 2.07. The molecule has 7 nitrogen and oxygen atoms in total. The summed E-state index contributed by atoms with van der Waals surface area (Å²) >= 11 is 0. The van der Waals surface area contributed by atoms with E-state index < -0.39 is 5.41 Å². The van der Waals surface area contributed by atoms with Crippen LogP contribution in [0.3, 0.4) is 0 Å². The summed E-state index contributed by atoms with van der Waals surface area (Å²) in [5, 5.41) is 9.32. The lowest BCUT2D eigenvalue weighted by Crippen LogP contribution is -2.43. The van der Waals surface area contributed by atoms with E-state index in [0.717, 1.165) is 41.9 Å². The fraction of sp³-hybridized carbons (Fsp3) is 0.444. The van der Waals surface area contributed by atoms with E-state index >= 15 is 0 Å². The molecule has 25 heavy (non-hydrogen) atoms. The molecular formula is C18H18N6O. The molecule has 126 valence electrons. The second kappa shape index (κ2) is 5.06. The number of hydrogen-bond acceptors (Lipinski definition) is 4. The van der Waals surface area contributed by atoms with E-state index in [2.05, 4.69) is 25.4 Å². The second-order valence-electron chi connectivity index (χ2n) is 7.13. The number of amides is 1. The molecule has 1 aliphatic heterocycles. The first-order chi connectivity index (χ1) is 12.2. The van der Waals surface area contributed by atoms with Gasteiger partial charge in [0.15, 0.2) is 11.3 Å². The normalized spacial score (nSPS) is 22.2. The predicted octanol–water partition coefficient (Wildman–Crippen LogP) is 2.22. The average Bonchev–Trinajstić information content (AvgIpc) is 3.10. The monoisotopic (exact) mass is 334 g/mol. The summed E-state index contributed by atoms with van der Waals surface area (Å²) in [6, 6.07) is 4.23. The van der Waals surface area contributed by atoms with Gasteiger partial charge in [-0.15, -0.1) is 0 Å². The van der Waals surface area contributed by atoms with Crippen molar-refractivity contribution in [2.45, 2.75) is 31.6 Å². The van der Waals surface area contributed by atoms with Gasteiger partial charge in [0.1, 0.15) is 5.41 Å². The number of rotatable bonds is 2.